The van der Waals surface area contributed by atoms with Gasteiger partial charge in [-0.25, -0.2) is 13.2 Å². The number of methoxy groups -OCH3 is 1. The van der Waals surface area contributed by atoms with Gasteiger partial charge < -0.3 is 10.1 Å². The summed E-state index contributed by atoms with van der Waals surface area (Å²) >= 11 is 0. The zero-order valence-electron chi connectivity index (χ0n) is 11.1. The predicted molar refractivity (Wildman–Crippen MR) is 72.3 cm³/mol. The molecule has 2 rings (SSSR count). The van der Waals surface area contributed by atoms with Crippen LogP contribution in [0.3, 0.4) is 0 Å². The second-order valence-corrected chi connectivity index (χ2v) is 4.19. The van der Waals surface area contributed by atoms with E-state index in [0.29, 0.717) is 5.75 Å². The molecule has 0 saturated heterocycles. The molecule has 0 heterocycles. The van der Waals surface area contributed by atoms with Gasteiger partial charge in [-0.05, 0) is 30.3 Å². The molecule has 0 saturated carbocycles. The predicted octanol–water partition coefficient (Wildman–Crippen LogP) is 4.02. The fourth-order valence-electron chi connectivity index (χ4n) is 1.82. The number of benzene rings is 2. The lowest BCUT2D eigenvalue weighted by atomic mass is 10.1. The monoisotopic (exact) mass is 295 g/mol. The number of hydrogen-bond acceptors (Lipinski definition) is 2. The highest BCUT2D eigenvalue weighted by atomic mass is 19.3. The van der Waals surface area contributed by atoms with Gasteiger partial charge in [0.15, 0.2) is 0 Å². The van der Waals surface area contributed by atoms with Crippen molar-refractivity contribution in [3.05, 3.63) is 59.4 Å². The third-order valence-electron chi connectivity index (χ3n) is 2.84. The minimum absolute atomic E-state index is 0.0857. The largest absolute Gasteiger partial charge is 0.496 e. The first kappa shape index (κ1) is 14.9. The van der Waals surface area contributed by atoms with Crippen LogP contribution in [-0.4, -0.2) is 13.0 Å². The summed E-state index contributed by atoms with van der Waals surface area (Å²) < 4.78 is 43.5. The summed E-state index contributed by atoms with van der Waals surface area (Å²) in [7, 11) is 1.42. The van der Waals surface area contributed by atoms with Crippen LogP contribution in [0.1, 0.15) is 22.3 Å². The van der Waals surface area contributed by atoms with E-state index < -0.39 is 23.7 Å². The van der Waals surface area contributed by atoms with Crippen molar-refractivity contribution in [1.29, 1.82) is 0 Å². The molecule has 1 N–H and O–H groups in total. The maximum absolute atomic E-state index is 13.2. The Morgan fingerprint density at radius 3 is 2.57 bits per heavy atom. The van der Waals surface area contributed by atoms with Crippen LogP contribution in [0, 0.1) is 5.82 Å². The van der Waals surface area contributed by atoms with Crippen molar-refractivity contribution < 1.29 is 22.7 Å². The van der Waals surface area contributed by atoms with Crippen molar-refractivity contribution in [2.24, 2.45) is 0 Å². The van der Waals surface area contributed by atoms with Crippen LogP contribution in [0.5, 0.6) is 5.75 Å². The Balaban J connectivity index is 2.26. The molecule has 0 bridgehead atoms. The van der Waals surface area contributed by atoms with E-state index in [0.717, 1.165) is 12.1 Å². The number of ether oxygens (including phenoxy) is 1. The molecule has 0 radical (unpaired) electrons. The number of nitrogens with one attached hydrogen (secondary N) is 1. The average Bonchev–Trinajstić information content (AvgIpc) is 2.48. The second-order valence-electron chi connectivity index (χ2n) is 4.19. The Morgan fingerprint density at radius 2 is 1.90 bits per heavy atom. The van der Waals surface area contributed by atoms with Crippen molar-refractivity contribution in [2.45, 2.75) is 6.43 Å². The van der Waals surface area contributed by atoms with Gasteiger partial charge >= 0.3 is 0 Å². The Kier molecular flexibility index (Phi) is 4.47. The lowest BCUT2D eigenvalue weighted by Gasteiger charge is -2.10. The van der Waals surface area contributed by atoms with Gasteiger partial charge in [-0.3, -0.25) is 4.79 Å². The smallest absolute Gasteiger partial charge is 0.266 e. The van der Waals surface area contributed by atoms with Gasteiger partial charge in [0.1, 0.15) is 11.6 Å². The van der Waals surface area contributed by atoms with Crippen molar-refractivity contribution >= 4 is 11.6 Å². The van der Waals surface area contributed by atoms with Crippen LogP contribution in [0.15, 0.2) is 42.5 Å². The zero-order chi connectivity index (χ0) is 15.4. The van der Waals surface area contributed by atoms with Gasteiger partial charge in [0, 0.05) is 5.69 Å². The highest BCUT2D eigenvalue weighted by Gasteiger charge is 2.16. The lowest BCUT2D eigenvalue weighted by molar-refractivity contribution is 0.102. The van der Waals surface area contributed by atoms with Crippen LogP contribution in [0.25, 0.3) is 0 Å². The summed E-state index contributed by atoms with van der Waals surface area (Å²) in [4.78, 5) is 12.1. The lowest BCUT2D eigenvalue weighted by Crippen LogP contribution is -2.13. The van der Waals surface area contributed by atoms with E-state index in [1.165, 1.54) is 19.2 Å². The minimum atomic E-state index is -2.95. The van der Waals surface area contributed by atoms with Gasteiger partial charge in [0.2, 0.25) is 0 Å². The Morgan fingerprint density at radius 1 is 1.19 bits per heavy atom. The Bertz CT molecular complexity index is 659. The molecule has 0 aliphatic heterocycles. The van der Waals surface area contributed by atoms with Crippen LogP contribution in [0.2, 0.25) is 0 Å². The Labute approximate surface area is 119 Å². The number of alkyl halides is 2. The summed E-state index contributed by atoms with van der Waals surface area (Å²) in [6, 6.07) is 9.49. The molecule has 110 valence electrons. The quantitative estimate of drug-likeness (QED) is 0.925. The summed E-state index contributed by atoms with van der Waals surface area (Å²) in [5.74, 6) is -1.19. The van der Waals surface area contributed by atoms with E-state index in [2.05, 4.69) is 5.32 Å². The number of halogens is 3. The summed E-state index contributed by atoms with van der Waals surface area (Å²) in [6.45, 7) is 0. The molecular formula is C15H12F3NO2. The molecule has 0 spiro atoms. The molecule has 0 atom stereocenters. The highest BCUT2D eigenvalue weighted by molar-refractivity contribution is 6.06. The molecule has 2 aromatic carbocycles. The fourth-order valence-corrected chi connectivity index (χ4v) is 1.82. The molecule has 0 aliphatic carbocycles. The molecule has 0 unspecified atom stereocenters. The van der Waals surface area contributed by atoms with Crippen LogP contribution in [0.4, 0.5) is 18.9 Å². The van der Waals surface area contributed by atoms with Gasteiger partial charge in [-0.2, -0.15) is 0 Å². The number of anilines is 1. The van der Waals surface area contributed by atoms with E-state index in [-0.39, 0.29) is 11.3 Å². The molecule has 2 aromatic rings. The van der Waals surface area contributed by atoms with Gasteiger partial charge in [-0.1, -0.05) is 12.1 Å². The van der Waals surface area contributed by atoms with Gasteiger partial charge in [0.05, 0.1) is 18.2 Å². The van der Waals surface area contributed by atoms with E-state index in [1.807, 2.05) is 0 Å². The number of carbonyl (C=O) groups is 1. The van der Waals surface area contributed by atoms with E-state index in [4.69, 9.17) is 4.74 Å². The standard InChI is InChI=1S/C15H12F3NO2/c1-21-13-5-3-2-4-10(13)15(20)19-9-6-7-12(16)11(8-9)14(17)18/h2-8,14H,1H3,(H,19,20). The average molecular weight is 295 g/mol. The molecular weight excluding hydrogens is 283 g/mol. The molecule has 21 heavy (non-hydrogen) atoms. The minimum Gasteiger partial charge on any atom is -0.496 e. The van der Waals surface area contributed by atoms with E-state index >= 15 is 0 Å². The van der Waals surface area contributed by atoms with Gasteiger partial charge in [0.25, 0.3) is 12.3 Å². The highest BCUT2D eigenvalue weighted by Crippen LogP contribution is 2.26. The molecule has 0 aromatic heterocycles. The van der Waals surface area contributed by atoms with Crippen LogP contribution >= 0.6 is 0 Å². The third kappa shape index (κ3) is 3.34. The maximum Gasteiger partial charge on any atom is 0.266 e. The van der Waals surface area contributed by atoms with E-state index in [9.17, 15) is 18.0 Å². The molecule has 0 aliphatic rings. The second kappa shape index (κ2) is 6.30. The van der Waals surface area contributed by atoms with Crippen molar-refractivity contribution in [1.82, 2.24) is 0 Å². The van der Waals surface area contributed by atoms with E-state index in [1.54, 1.807) is 18.2 Å². The number of amides is 1. The first-order chi connectivity index (χ1) is 10.0. The molecule has 0 fully saturated rings. The summed E-state index contributed by atoms with van der Waals surface area (Å²) in [5.41, 5.74) is -0.418. The Hall–Kier alpha value is -2.50. The number of rotatable bonds is 4. The molecule has 6 heteroatoms. The zero-order valence-corrected chi connectivity index (χ0v) is 11.1. The van der Waals surface area contributed by atoms with Crippen LogP contribution < -0.4 is 10.1 Å². The number of hydrogen-bond donors (Lipinski definition) is 1. The summed E-state index contributed by atoms with van der Waals surface area (Å²) in [5, 5.41) is 2.44. The maximum atomic E-state index is 13.2. The third-order valence-corrected chi connectivity index (χ3v) is 2.84. The SMILES string of the molecule is COc1ccccc1C(=O)Nc1ccc(F)c(C(F)F)c1. The number of para-hydroxylation sites is 1. The van der Waals surface area contributed by atoms with Gasteiger partial charge in [-0.15, -0.1) is 0 Å². The van der Waals surface area contributed by atoms with Crippen molar-refractivity contribution in [2.75, 3.05) is 12.4 Å². The number of carbonyl (C=O) groups excluding carboxylic acids is 1. The fraction of sp³-hybridized carbons (Fsp3) is 0.133. The first-order valence-electron chi connectivity index (χ1n) is 6.05. The van der Waals surface area contributed by atoms with Crippen molar-refractivity contribution in [3.8, 4) is 5.75 Å². The van der Waals surface area contributed by atoms with Crippen molar-refractivity contribution in [3.63, 3.8) is 0 Å². The topological polar surface area (TPSA) is 38.3 Å². The first-order valence-corrected chi connectivity index (χ1v) is 6.05. The molecule has 3 nitrogen and oxygen atoms in total. The van der Waals surface area contributed by atoms with Crippen LogP contribution in [-0.2, 0) is 0 Å². The summed E-state index contributed by atoms with van der Waals surface area (Å²) in [6.07, 6.45) is -2.95. The normalized spacial score (nSPS) is 10.5. The molecule has 1 amide bonds.